The lowest BCUT2D eigenvalue weighted by molar-refractivity contribution is 0.457. The summed E-state index contributed by atoms with van der Waals surface area (Å²) in [6.07, 6.45) is 0. The Morgan fingerprint density at radius 3 is 2.63 bits per heavy atom. The van der Waals surface area contributed by atoms with Crippen molar-refractivity contribution in [3.8, 4) is 11.6 Å². The quantitative estimate of drug-likeness (QED) is 0.870. The maximum atomic E-state index is 5.84. The number of aromatic nitrogens is 1. The molecular weight excluding hydrogens is 256 g/mol. The fourth-order valence-electron chi connectivity index (χ4n) is 1.78. The van der Waals surface area contributed by atoms with Gasteiger partial charge in [-0.25, -0.2) is 4.98 Å². The van der Waals surface area contributed by atoms with E-state index in [-0.39, 0.29) is 0 Å². The van der Waals surface area contributed by atoms with Crippen molar-refractivity contribution in [2.45, 2.75) is 20.8 Å². The maximum Gasteiger partial charge on any atom is 0.220 e. The van der Waals surface area contributed by atoms with Gasteiger partial charge in [-0.05, 0) is 44.0 Å². The molecule has 2 rings (SSSR count). The number of benzene rings is 1. The second-order valence-corrected chi connectivity index (χ2v) is 4.94. The van der Waals surface area contributed by atoms with Crippen LogP contribution in [0.3, 0.4) is 0 Å². The zero-order chi connectivity index (χ0) is 14.0. The number of hydrogen-bond donors (Lipinski definition) is 1. The molecule has 0 unspecified atom stereocenters. The molecule has 1 heterocycles. The summed E-state index contributed by atoms with van der Waals surface area (Å²) in [7, 11) is 0. The third-order valence-corrected chi connectivity index (χ3v) is 3.22. The monoisotopic (exact) mass is 272 g/mol. The average Bonchev–Trinajstić information content (AvgIpc) is 2.34. The van der Waals surface area contributed by atoms with Crippen LogP contribution in [0.4, 0.5) is 0 Å². The van der Waals surface area contributed by atoms with E-state index < -0.39 is 0 Å². The SMILES string of the molecule is Cc1cc(C(N)=S)cc(Oc2cccc(C)c2C)n1. The summed E-state index contributed by atoms with van der Waals surface area (Å²) < 4.78 is 5.84. The minimum Gasteiger partial charge on any atom is -0.439 e. The Bertz CT molecular complexity index is 638. The van der Waals surface area contributed by atoms with Crippen LogP contribution in [0.2, 0.25) is 0 Å². The number of aryl methyl sites for hydroxylation is 2. The van der Waals surface area contributed by atoms with Gasteiger partial charge in [0, 0.05) is 17.3 Å². The number of nitrogens with zero attached hydrogens (tertiary/aromatic N) is 1. The van der Waals surface area contributed by atoms with Gasteiger partial charge in [-0.3, -0.25) is 0 Å². The number of nitrogens with two attached hydrogens (primary N) is 1. The van der Waals surface area contributed by atoms with E-state index in [4.69, 9.17) is 22.7 Å². The maximum absolute atomic E-state index is 5.84. The van der Waals surface area contributed by atoms with E-state index >= 15 is 0 Å². The smallest absolute Gasteiger partial charge is 0.220 e. The zero-order valence-electron chi connectivity index (χ0n) is 11.2. The van der Waals surface area contributed by atoms with E-state index in [0.717, 1.165) is 22.6 Å². The van der Waals surface area contributed by atoms with Crippen LogP contribution in [0, 0.1) is 20.8 Å². The summed E-state index contributed by atoms with van der Waals surface area (Å²) in [5, 5.41) is 0. The molecule has 1 aromatic carbocycles. The van der Waals surface area contributed by atoms with Gasteiger partial charge in [-0.2, -0.15) is 0 Å². The molecule has 0 aliphatic rings. The van der Waals surface area contributed by atoms with E-state index in [9.17, 15) is 0 Å². The number of thiocarbonyl (C=S) groups is 1. The van der Waals surface area contributed by atoms with Gasteiger partial charge in [0.15, 0.2) is 0 Å². The molecule has 0 fully saturated rings. The largest absolute Gasteiger partial charge is 0.439 e. The Balaban J connectivity index is 2.38. The topological polar surface area (TPSA) is 48.1 Å². The Morgan fingerprint density at radius 1 is 1.21 bits per heavy atom. The molecule has 0 radical (unpaired) electrons. The van der Waals surface area contributed by atoms with Gasteiger partial charge in [0.25, 0.3) is 0 Å². The highest BCUT2D eigenvalue weighted by atomic mass is 32.1. The fourth-order valence-corrected chi connectivity index (χ4v) is 1.90. The van der Waals surface area contributed by atoms with Crippen LogP contribution < -0.4 is 10.5 Å². The second-order valence-electron chi connectivity index (χ2n) is 4.50. The van der Waals surface area contributed by atoms with E-state index in [1.807, 2.05) is 45.0 Å². The van der Waals surface area contributed by atoms with Crippen molar-refractivity contribution in [1.29, 1.82) is 0 Å². The summed E-state index contributed by atoms with van der Waals surface area (Å²) >= 11 is 4.99. The number of pyridine rings is 1. The molecule has 0 saturated heterocycles. The first kappa shape index (κ1) is 13.5. The van der Waals surface area contributed by atoms with Gasteiger partial charge < -0.3 is 10.5 Å². The highest BCUT2D eigenvalue weighted by Gasteiger charge is 2.07. The minimum absolute atomic E-state index is 0.344. The third-order valence-electron chi connectivity index (χ3n) is 2.98. The van der Waals surface area contributed by atoms with Crippen LogP contribution >= 0.6 is 12.2 Å². The average molecular weight is 272 g/mol. The van der Waals surface area contributed by atoms with Gasteiger partial charge in [0.1, 0.15) is 10.7 Å². The van der Waals surface area contributed by atoms with Crippen LogP contribution in [-0.2, 0) is 0 Å². The molecule has 0 aliphatic carbocycles. The predicted molar refractivity (Wildman–Crippen MR) is 80.9 cm³/mol. The normalized spacial score (nSPS) is 10.3. The van der Waals surface area contributed by atoms with Crippen molar-refractivity contribution in [3.63, 3.8) is 0 Å². The van der Waals surface area contributed by atoms with Crippen LogP contribution in [0.5, 0.6) is 11.6 Å². The third kappa shape index (κ3) is 3.09. The number of hydrogen-bond acceptors (Lipinski definition) is 3. The first-order chi connectivity index (χ1) is 8.97. The molecular formula is C15H16N2OS. The molecule has 0 spiro atoms. The molecule has 19 heavy (non-hydrogen) atoms. The van der Waals surface area contributed by atoms with E-state index in [1.54, 1.807) is 6.07 Å². The van der Waals surface area contributed by atoms with Crippen molar-refractivity contribution in [1.82, 2.24) is 4.98 Å². The number of ether oxygens (including phenoxy) is 1. The summed E-state index contributed by atoms with van der Waals surface area (Å²) in [4.78, 5) is 4.69. The van der Waals surface area contributed by atoms with Crippen molar-refractivity contribution < 1.29 is 4.74 Å². The van der Waals surface area contributed by atoms with E-state index in [0.29, 0.717) is 10.9 Å². The first-order valence-electron chi connectivity index (χ1n) is 6.00. The summed E-state index contributed by atoms with van der Waals surface area (Å²) in [6, 6.07) is 9.54. The second kappa shape index (κ2) is 5.36. The van der Waals surface area contributed by atoms with Crippen LogP contribution in [0.1, 0.15) is 22.4 Å². The lowest BCUT2D eigenvalue weighted by Crippen LogP contribution is -2.10. The molecule has 1 aromatic heterocycles. The Hall–Kier alpha value is -1.94. The van der Waals surface area contributed by atoms with Crippen LogP contribution in [0.15, 0.2) is 30.3 Å². The summed E-state index contributed by atoms with van der Waals surface area (Å²) in [5.41, 5.74) is 9.52. The molecule has 0 saturated carbocycles. The van der Waals surface area contributed by atoms with Crippen molar-refractivity contribution in [2.24, 2.45) is 5.73 Å². The molecule has 0 bridgehead atoms. The highest BCUT2D eigenvalue weighted by molar-refractivity contribution is 7.80. The summed E-state index contributed by atoms with van der Waals surface area (Å²) in [5.74, 6) is 1.31. The summed E-state index contributed by atoms with van der Waals surface area (Å²) in [6.45, 7) is 5.96. The van der Waals surface area contributed by atoms with E-state index in [1.165, 1.54) is 5.56 Å². The molecule has 0 atom stereocenters. The Morgan fingerprint density at radius 2 is 1.95 bits per heavy atom. The number of rotatable bonds is 3. The molecule has 2 aromatic rings. The van der Waals surface area contributed by atoms with Crippen molar-refractivity contribution in [3.05, 3.63) is 52.7 Å². The van der Waals surface area contributed by atoms with Gasteiger partial charge in [-0.1, -0.05) is 24.4 Å². The first-order valence-corrected chi connectivity index (χ1v) is 6.41. The molecule has 3 nitrogen and oxygen atoms in total. The van der Waals surface area contributed by atoms with Crippen molar-refractivity contribution in [2.75, 3.05) is 0 Å². The van der Waals surface area contributed by atoms with Gasteiger partial charge in [0.05, 0.1) is 0 Å². The van der Waals surface area contributed by atoms with E-state index in [2.05, 4.69) is 4.98 Å². The lowest BCUT2D eigenvalue weighted by atomic mass is 10.1. The van der Waals surface area contributed by atoms with Crippen LogP contribution in [0.25, 0.3) is 0 Å². The fraction of sp³-hybridized carbons (Fsp3) is 0.200. The molecule has 2 N–H and O–H groups in total. The van der Waals surface area contributed by atoms with Crippen molar-refractivity contribution >= 4 is 17.2 Å². The zero-order valence-corrected chi connectivity index (χ0v) is 12.0. The van der Waals surface area contributed by atoms with Gasteiger partial charge >= 0.3 is 0 Å². The predicted octanol–water partition coefficient (Wildman–Crippen LogP) is 3.43. The highest BCUT2D eigenvalue weighted by Crippen LogP contribution is 2.26. The van der Waals surface area contributed by atoms with Gasteiger partial charge in [-0.15, -0.1) is 0 Å². The Labute approximate surface area is 118 Å². The molecule has 0 aliphatic heterocycles. The molecule has 0 amide bonds. The van der Waals surface area contributed by atoms with Crippen LogP contribution in [-0.4, -0.2) is 9.97 Å². The standard InChI is InChI=1S/C15H16N2OS/c1-9-5-4-6-13(11(9)3)18-14-8-12(15(16)19)7-10(2)17-14/h4-8H,1-3H3,(H2,16,19). The Kier molecular flexibility index (Phi) is 3.81. The molecule has 4 heteroatoms. The molecule has 98 valence electrons. The van der Waals surface area contributed by atoms with Gasteiger partial charge in [0.2, 0.25) is 5.88 Å². The lowest BCUT2D eigenvalue weighted by Gasteiger charge is -2.11. The minimum atomic E-state index is 0.344.